The fraction of sp³-hybridized carbons (Fsp3) is 0.368. The maximum Gasteiger partial charge on any atom is 0.115 e. The molecule has 0 radical (unpaired) electrons. The third-order valence-electron chi connectivity index (χ3n) is 4.49. The normalized spacial score (nSPS) is 17.5. The summed E-state index contributed by atoms with van der Waals surface area (Å²) in [7, 11) is 0. The summed E-state index contributed by atoms with van der Waals surface area (Å²) in [4.78, 5) is 0. The van der Waals surface area contributed by atoms with Crippen LogP contribution in [-0.2, 0) is 12.8 Å². The fourth-order valence-corrected chi connectivity index (χ4v) is 3.27. The van der Waals surface area contributed by atoms with Crippen molar-refractivity contribution in [1.82, 2.24) is 5.32 Å². The third-order valence-corrected chi connectivity index (χ3v) is 4.49. The lowest BCUT2D eigenvalue weighted by molar-refractivity contribution is 0.448. The summed E-state index contributed by atoms with van der Waals surface area (Å²) in [5, 5.41) is 13.4. The van der Waals surface area contributed by atoms with Gasteiger partial charge in [0.15, 0.2) is 0 Å². The molecule has 0 saturated carbocycles. The average Bonchev–Trinajstić information content (AvgIpc) is 2.49. The Hall–Kier alpha value is -1.80. The first kappa shape index (κ1) is 14.2. The van der Waals surface area contributed by atoms with Gasteiger partial charge in [0.25, 0.3) is 0 Å². The largest absolute Gasteiger partial charge is 0.508 e. The molecule has 0 fully saturated rings. The minimum atomic E-state index is 0.376. The molecule has 0 spiro atoms. The van der Waals surface area contributed by atoms with Gasteiger partial charge < -0.3 is 10.4 Å². The van der Waals surface area contributed by atoms with Crippen LogP contribution >= 0.6 is 0 Å². The number of phenolic OH excluding ortho intramolecular Hbond substituents is 1. The Morgan fingerprint density at radius 1 is 1.19 bits per heavy atom. The molecular weight excluding hydrogens is 258 g/mol. The van der Waals surface area contributed by atoms with Gasteiger partial charge in [0.05, 0.1) is 0 Å². The Kier molecular flexibility index (Phi) is 4.26. The van der Waals surface area contributed by atoms with Crippen molar-refractivity contribution in [3.63, 3.8) is 0 Å². The lowest BCUT2D eigenvalue weighted by atomic mass is 9.87. The number of phenols is 1. The number of fused-ring (bicyclic) bond motifs is 1. The van der Waals surface area contributed by atoms with E-state index in [4.69, 9.17) is 0 Å². The SMILES string of the molecule is Cc1ccccc1CCNC1CCCc2ccc(O)cc21. The molecule has 21 heavy (non-hydrogen) atoms. The first-order chi connectivity index (χ1) is 10.2. The summed E-state index contributed by atoms with van der Waals surface area (Å²) in [6, 6.07) is 14.8. The van der Waals surface area contributed by atoms with Crippen LogP contribution in [0.4, 0.5) is 0 Å². The van der Waals surface area contributed by atoms with Crippen LogP contribution in [0.15, 0.2) is 42.5 Å². The molecule has 3 rings (SSSR count). The van der Waals surface area contributed by atoms with E-state index in [0.717, 1.165) is 25.8 Å². The minimum Gasteiger partial charge on any atom is -0.508 e. The topological polar surface area (TPSA) is 32.3 Å². The van der Waals surface area contributed by atoms with E-state index in [1.54, 1.807) is 6.07 Å². The second-order valence-corrected chi connectivity index (χ2v) is 5.96. The van der Waals surface area contributed by atoms with E-state index in [1.165, 1.54) is 28.7 Å². The molecule has 0 bridgehead atoms. The second-order valence-electron chi connectivity index (χ2n) is 5.96. The standard InChI is InChI=1S/C19H23NO/c1-14-5-2-3-6-15(14)11-12-20-19-8-4-7-16-9-10-17(21)13-18(16)19/h2-3,5-6,9-10,13,19-21H,4,7-8,11-12H2,1H3. The molecule has 2 heteroatoms. The van der Waals surface area contributed by atoms with E-state index in [-0.39, 0.29) is 0 Å². The van der Waals surface area contributed by atoms with Crippen LogP contribution in [0.5, 0.6) is 5.75 Å². The number of rotatable bonds is 4. The summed E-state index contributed by atoms with van der Waals surface area (Å²) in [6.45, 7) is 3.15. The van der Waals surface area contributed by atoms with Crippen molar-refractivity contribution in [3.8, 4) is 5.75 Å². The van der Waals surface area contributed by atoms with Crippen molar-refractivity contribution >= 4 is 0 Å². The molecule has 2 aromatic carbocycles. The Morgan fingerprint density at radius 2 is 2.05 bits per heavy atom. The molecule has 0 aromatic heterocycles. The monoisotopic (exact) mass is 281 g/mol. The molecule has 2 nitrogen and oxygen atoms in total. The van der Waals surface area contributed by atoms with Gasteiger partial charge in [-0.3, -0.25) is 0 Å². The molecule has 0 saturated heterocycles. The first-order valence-electron chi connectivity index (χ1n) is 7.84. The summed E-state index contributed by atoms with van der Waals surface area (Å²) in [6.07, 6.45) is 4.56. The number of hydrogen-bond donors (Lipinski definition) is 2. The van der Waals surface area contributed by atoms with Gasteiger partial charge in [-0.05, 0) is 73.5 Å². The molecular formula is C19H23NO. The van der Waals surface area contributed by atoms with Gasteiger partial charge in [0, 0.05) is 6.04 Å². The van der Waals surface area contributed by atoms with Gasteiger partial charge in [-0.1, -0.05) is 30.3 Å². The molecule has 110 valence electrons. The smallest absolute Gasteiger partial charge is 0.115 e. The number of aryl methyl sites for hydroxylation is 2. The Bertz CT molecular complexity index is 621. The molecule has 0 amide bonds. The summed E-state index contributed by atoms with van der Waals surface area (Å²) >= 11 is 0. The molecule has 1 unspecified atom stereocenters. The highest BCUT2D eigenvalue weighted by molar-refractivity contribution is 5.38. The average molecular weight is 281 g/mol. The highest BCUT2D eigenvalue weighted by Gasteiger charge is 2.19. The van der Waals surface area contributed by atoms with E-state index in [9.17, 15) is 5.11 Å². The van der Waals surface area contributed by atoms with Crippen LogP contribution in [0.2, 0.25) is 0 Å². The maximum absolute atomic E-state index is 9.72. The van der Waals surface area contributed by atoms with Crippen LogP contribution in [-0.4, -0.2) is 11.7 Å². The van der Waals surface area contributed by atoms with Crippen molar-refractivity contribution in [2.45, 2.75) is 38.6 Å². The maximum atomic E-state index is 9.72. The highest BCUT2D eigenvalue weighted by Crippen LogP contribution is 2.32. The molecule has 2 N–H and O–H groups in total. The molecule has 0 heterocycles. The van der Waals surface area contributed by atoms with E-state index in [1.807, 2.05) is 6.07 Å². The van der Waals surface area contributed by atoms with Gasteiger partial charge in [-0.25, -0.2) is 0 Å². The zero-order chi connectivity index (χ0) is 14.7. The van der Waals surface area contributed by atoms with E-state index >= 15 is 0 Å². The van der Waals surface area contributed by atoms with E-state index < -0.39 is 0 Å². The van der Waals surface area contributed by atoms with Crippen molar-refractivity contribution in [3.05, 3.63) is 64.7 Å². The second kappa shape index (κ2) is 6.31. The zero-order valence-corrected chi connectivity index (χ0v) is 12.6. The Morgan fingerprint density at radius 3 is 2.90 bits per heavy atom. The fourth-order valence-electron chi connectivity index (χ4n) is 3.27. The Balaban J connectivity index is 1.65. The molecule has 0 aliphatic heterocycles. The van der Waals surface area contributed by atoms with Gasteiger partial charge in [0.2, 0.25) is 0 Å². The quantitative estimate of drug-likeness (QED) is 0.890. The summed E-state index contributed by atoms with van der Waals surface area (Å²) in [5.74, 6) is 0.376. The van der Waals surface area contributed by atoms with E-state index in [0.29, 0.717) is 11.8 Å². The van der Waals surface area contributed by atoms with Crippen molar-refractivity contribution < 1.29 is 5.11 Å². The number of nitrogens with one attached hydrogen (secondary N) is 1. The van der Waals surface area contributed by atoms with Crippen molar-refractivity contribution in [1.29, 1.82) is 0 Å². The van der Waals surface area contributed by atoms with Gasteiger partial charge >= 0.3 is 0 Å². The van der Waals surface area contributed by atoms with Crippen LogP contribution in [0.3, 0.4) is 0 Å². The van der Waals surface area contributed by atoms with Crippen molar-refractivity contribution in [2.24, 2.45) is 0 Å². The van der Waals surface area contributed by atoms with E-state index in [2.05, 4.69) is 42.6 Å². The van der Waals surface area contributed by atoms with Crippen LogP contribution in [0.1, 0.15) is 41.1 Å². The van der Waals surface area contributed by atoms with Crippen LogP contribution < -0.4 is 5.32 Å². The van der Waals surface area contributed by atoms with Crippen LogP contribution in [0.25, 0.3) is 0 Å². The van der Waals surface area contributed by atoms with Gasteiger partial charge in [0.1, 0.15) is 5.75 Å². The highest BCUT2D eigenvalue weighted by atomic mass is 16.3. The molecule has 1 aliphatic carbocycles. The molecule has 2 aromatic rings. The predicted octanol–water partition coefficient (Wildman–Crippen LogP) is 3.91. The van der Waals surface area contributed by atoms with Crippen molar-refractivity contribution in [2.75, 3.05) is 6.54 Å². The molecule has 1 atom stereocenters. The zero-order valence-electron chi connectivity index (χ0n) is 12.6. The first-order valence-corrected chi connectivity index (χ1v) is 7.84. The summed E-state index contributed by atoms with van der Waals surface area (Å²) < 4.78 is 0. The van der Waals surface area contributed by atoms with Crippen LogP contribution in [0, 0.1) is 6.92 Å². The molecule has 1 aliphatic rings. The predicted molar refractivity (Wildman–Crippen MR) is 86.7 cm³/mol. The third kappa shape index (κ3) is 3.27. The lowest BCUT2D eigenvalue weighted by Crippen LogP contribution is -2.27. The lowest BCUT2D eigenvalue weighted by Gasteiger charge is -2.26. The number of aromatic hydroxyl groups is 1. The van der Waals surface area contributed by atoms with Gasteiger partial charge in [-0.2, -0.15) is 0 Å². The minimum absolute atomic E-state index is 0.376. The summed E-state index contributed by atoms with van der Waals surface area (Å²) in [5.41, 5.74) is 5.44. The van der Waals surface area contributed by atoms with Gasteiger partial charge in [-0.15, -0.1) is 0 Å². The Labute approximate surface area is 126 Å². The number of hydrogen-bond acceptors (Lipinski definition) is 2. The number of benzene rings is 2.